The lowest BCUT2D eigenvalue weighted by Gasteiger charge is -2.35. The van der Waals surface area contributed by atoms with E-state index in [1.165, 1.54) is 24.3 Å². The van der Waals surface area contributed by atoms with Crippen LogP contribution in [0.4, 0.5) is 14.9 Å². The van der Waals surface area contributed by atoms with Crippen LogP contribution in [0.3, 0.4) is 0 Å². The number of ether oxygens (including phenoxy) is 2. The lowest BCUT2D eigenvalue weighted by Crippen LogP contribution is -2.45. The first-order valence-corrected chi connectivity index (χ1v) is 7.26. The van der Waals surface area contributed by atoms with E-state index in [2.05, 4.69) is 10.6 Å². The molecule has 1 saturated heterocycles. The first-order valence-electron chi connectivity index (χ1n) is 7.26. The average molecular weight is 294 g/mol. The number of amides is 2. The van der Waals surface area contributed by atoms with Crippen molar-refractivity contribution in [1.82, 2.24) is 5.32 Å². The summed E-state index contributed by atoms with van der Waals surface area (Å²) < 4.78 is 24.1. The number of carbonyl (C=O) groups excluding carboxylic acids is 1. The molecule has 21 heavy (non-hydrogen) atoms. The van der Waals surface area contributed by atoms with Gasteiger partial charge in [0, 0.05) is 24.6 Å². The summed E-state index contributed by atoms with van der Waals surface area (Å²) in [5, 5.41) is 5.63. The van der Waals surface area contributed by atoms with Gasteiger partial charge < -0.3 is 20.1 Å². The van der Waals surface area contributed by atoms with Gasteiger partial charge in [0.05, 0.1) is 13.2 Å². The van der Waals surface area contributed by atoms with E-state index in [0.717, 1.165) is 25.7 Å². The Kier molecular flexibility index (Phi) is 4.07. The zero-order chi connectivity index (χ0) is 14.7. The second-order valence-electron chi connectivity index (χ2n) is 5.49. The van der Waals surface area contributed by atoms with Crippen molar-refractivity contribution in [3.63, 3.8) is 0 Å². The van der Waals surface area contributed by atoms with Crippen molar-refractivity contribution in [3.05, 3.63) is 30.1 Å². The molecular formula is C15H19FN2O3. The highest BCUT2D eigenvalue weighted by Crippen LogP contribution is 2.35. The largest absolute Gasteiger partial charge is 0.348 e. The van der Waals surface area contributed by atoms with Crippen LogP contribution in [0.1, 0.15) is 25.7 Å². The summed E-state index contributed by atoms with van der Waals surface area (Å²) in [5.74, 6) is -0.735. The highest BCUT2D eigenvalue weighted by atomic mass is 19.1. The summed E-state index contributed by atoms with van der Waals surface area (Å²) in [6, 6.07) is 5.54. The van der Waals surface area contributed by atoms with Crippen LogP contribution in [0.2, 0.25) is 0 Å². The van der Waals surface area contributed by atoms with Crippen LogP contribution in [0.15, 0.2) is 24.3 Å². The Balaban J connectivity index is 1.46. The van der Waals surface area contributed by atoms with Gasteiger partial charge in [0.25, 0.3) is 0 Å². The SMILES string of the molecule is O=C(Nc1ccc(F)cc1)NC1CCC2(CC1)OCCO2. The predicted octanol–water partition coefficient (Wildman–Crippen LogP) is 2.63. The molecule has 1 saturated carbocycles. The van der Waals surface area contributed by atoms with Crippen molar-refractivity contribution in [1.29, 1.82) is 0 Å². The van der Waals surface area contributed by atoms with Crippen LogP contribution in [0.5, 0.6) is 0 Å². The molecule has 0 bridgehead atoms. The molecule has 1 aliphatic carbocycles. The maximum Gasteiger partial charge on any atom is 0.319 e. The fraction of sp³-hybridized carbons (Fsp3) is 0.533. The average Bonchev–Trinajstić information content (AvgIpc) is 2.93. The maximum absolute atomic E-state index is 12.8. The van der Waals surface area contributed by atoms with Gasteiger partial charge in [-0.15, -0.1) is 0 Å². The number of benzene rings is 1. The molecule has 1 aliphatic heterocycles. The first kappa shape index (κ1) is 14.3. The Labute approximate surface area is 122 Å². The zero-order valence-corrected chi connectivity index (χ0v) is 11.7. The van der Waals surface area contributed by atoms with Crippen LogP contribution < -0.4 is 10.6 Å². The van der Waals surface area contributed by atoms with E-state index in [9.17, 15) is 9.18 Å². The van der Waals surface area contributed by atoms with Crippen molar-refractivity contribution in [3.8, 4) is 0 Å². The van der Waals surface area contributed by atoms with Gasteiger partial charge >= 0.3 is 6.03 Å². The number of halogens is 1. The van der Waals surface area contributed by atoms with E-state index < -0.39 is 5.79 Å². The Morgan fingerprint density at radius 2 is 1.76 bits per heavy atom. The van der Waals surface area contributed by atoms with E-state index in [1.54, 1.807) is 0 Å². The Morgan fingerprint density at radius 1 is 1.14 bits per heavy atom. The van der Waals surface area contributed by atoms with Crippen molar-refractivity contribution >= 4 is 11.7 Å². The van der Waals surface area contributed by atoms with Gasteiger partial charge in [0.1, 0.15) is 5.82 Å². The fourth-order valence-corrected chi connectivity index (χ4v) is 2.87. The molecule has 0 unspecified atom stereocenters. The van der Waals surface area contributed by atoms with Crippen LogP contribution in [0.25, 0.3) is 0 Å². The molecule has 2 fully saturated rings. The third-order valence-corrected chi connectivity index (χ3v) is 4.00. The minimum Gasteiger partial charge on any atom is -0.348 e. The minimum atomic E-state index is -0.411. The lowest BCUT2D eigenvalue weighted by atomic mass is 9.90. The molecule has 1 spiro atoms. The molecule has 1 aromatic carbocycles. The Morgan fingerprint density at radius 3 is 2.38 bits per heavy atom. The quantitative estimate of drug-likeness (QED) is 0.881. The van der Waals surface area contributed by atoms with E-state index in [-0.39, 0.29) is 17.9 Å². The molecule has 0 aromatic heterocycles. The smallest absolute Gasteiger partial charge is 0.319 e. The number of urea groups is 1. The van der Waals surface area contributed by atoms with Crippen LogP contribution >= 0.6 is 0 Å². The third kappa shape index (κ3) is 3.51. The number of rotatable bonds is 2. The van der Waals surface area contributed by atoms with Crippen LogP contribution in [-0.2, 0) is 9.47 Å². The number of carbonyl (C=O) groups is 1. The standard InChI is InChI=1S/C15H19FN2O3/c16-11-1-3-12(4-2-11)17-14(19)18-13-5-7-15(8-6-13)20-9-10-21-15/h1-4,13H,5-10H2,(H2,17,18,19). The van der Waals surface area contributed by atoms with E-state index in [4.69, 9.17) is 9.47 Å². The van der Waals surface area contributed by atoms with Crippen molar-refractivity contribution in [2.24, 2.45) is 0 Å². The van der Waals surface area contributed by atoms with Crippen molar-refractivity contribution in [2.45, 2.75) is 37.5 Å². The predicted molar refractivity (Wildman–Crippen MR) is 75.4 cm³/mol. The first-order chi connectivity index (χ1) is 10.2. The van der Waals surface area contributed by atoms with E-state index in [1.807, 2.05) is 0 Å². The molecule has 0 radical (unpaired) electrons. The number of hydrogen-bond acceptors (Lipinski definition) is 3. The molecule has 6 heteroatoms. The minimum absolute atomic E-state index is 0.115. The van der Waals surface area contributed by atoms with E-state index >= 15 is 0 Å². The van der Waals surface area contributed by atoms with Crippen LogP contribution in [0, 0.1) is 5.82 Å². The van der Waals surface area contributed by atoms with Gasteiger partial charge in [0.15, 0.2) is 5.79 Å². The zero-order valence-electron chi connectivity index (χ0n) is 11.7. The number of anilines is 1. The number of hydrogen-bond donors (Lipinski definition) is 2. The fourth-order valence-electron chi connectivity index (χ4n) is 2.87. The van der Waals surface area contributed by atoms with E-state index in [0.29, 0.717) is 18.9 Å². The summed E-state index contributed by atoms with van der Waals surface area (Å²) in [4.78, 5) is 11.9. The number of nitrogens with one attached hydrogen (secondary N) is 2. The normalized spacial score (nSPS) is 21.4. The summed E-state index contributed by atoms with van der Waals surface area (Å²) in [6.45, 7) is 1.31. The molecule has 1 aromatic rings. The molecule has 5 nitrogen and oxygen atoms in total. The second kappa shape index (κ2) is 5.99. The summed E-state index contributed by atoms with van der Waals surface area (Å²) in [6.07, 6.45) is 3.26. The molecule has 1 heterocycles. The van der Waals surface area contributed by atoms with Gasteiger partial charge in [-0.3, -0.25) is 0 Å². The highest BCUT2D eigenvalue weighted by molar-refractivity contribution is 5.89. The monoisotopic (exact) mass is 294 g/mol. The lowest BCUT2D eigenvalue weighted by molar-refractivity contribution is -0.179. The molecule has 114 valence electrons. The molecule has 2 N–H and O–H groups in total. The van der Waals surface area contributed by atoms with Gasteiger partial charge in [-0.2, -0.15) is 0 Å². The Bertz CT molecular complexity index is 490. The summed E-state index contributed by atoms with van der Waals surface area (Å²) >= 11 is 0. The maximum atomic E-state index is 12.8. The molecule has 2 aliphatic rings. The van der Waals surface area contributed by atoms with Gasteiger partial charge in [-0.1, -0.05) is 0 Å². The second-order valence-corrected chi connectivity index (χ2v) is 5.49. The third-order valence-electron chi connectivity index (χ3n) is 4.00. The summed E-state index contributed by atoms with van der Waals surface area (Å²) in [7, 11) is 0. The van der Waals surface area contributed by atoms with Crippen LogP contribution in [-0.4, -0.2) is 31.1 Å². The topological polar surface area (TPSA) is 59.6 Å². The molecule has 3 rings (SSSR count). The van der Waals surface area contributed by atoms with Crippen molar-refractivity contribution < 1.29 is 18.7 Å². The molecule has 2 amide bonds. The van der Waals surface area contributed by atoms with Crippen molar-refractivity contribution in [2.75, 3.05) is 18.5 Å². The Hall–Kier alpha value is -1.66. The summed E-state index contributed by atoms with van der Waals surface area (Å²) in [5.41, 5.74) is 0.573. The highest BCUT2D eigenvalue weighted by Gasteiger charge is 2.40. The van der Waals surface area contributed by atoms with Gasteiger partial charge in [0.2, 0.25) is 0 Å². The molecular weight excluding hydrogens is 275 g/mol. The van der Waals surface area contributed by atoms with Gasteiger partial charge in [-0.05, 0) is 37.1 Å². The molecule has 0 atom stereocenters. The van der Waals surface area contributed by atoms with Gasteiger partial charge in [-0.25, -0.2) is 9.18 Å².